The van der Waals surface area contributed by atoms with Crippen LogP contribution >= 0.6 is 11.6 Å². The molecule has 174 valence electrons. The summed E-state index contributed by atoms with van der Waals surface area (Å²) in [6.45, 7) is 8.06. The van der Waals surface area contributed by atoms with Crippen molar-refractivity contribution in [2.75, 3.05) is 51.2 Å². The number of benzene rings is 1. The molecule has 0 amide bonds. The Bertz CT molecular complexity index is 860. The highest BCUT2D eigenvalue weighted by atomic mass is 35.5. The Kier molecular flexibility index (Phi) is 7.78. The van der Waals surface area contributed by atoms with Crippen LogP contribution in [-0.2, 0) is 13.0 Å². The lowest BCUT2D eigenvalue weighted by molar-refractivity contribution is 0.0945. The van der Waals surface area contributed by atoms with E-state index < -0.39 is 0 Å². The van der Waals surface area contributed by atoms with Crippen LogP contribution in [0.25, 0.3) is 0 Å². The number of hydrogen-bond donors (Lipinski definition) is 1. The molecule has 3 heterocycles. The first-order valence-electron chi connectivity index (χ1n) is 11.4. The Hall–Kier alpha value is -2.00. The van der Waals surface area contributed by atoms with Crippen molar-refractivity contribution in [2.45, 2.75) is 38.8 Å². The number of hydrogen-bond acceptors (Lipinski definition) is 7. The molecule has 2 saturated heterocycles. The highest BCUT2D eigenvalue weighted by Crippen LogP contribution is 2.32. The van der Waals surface area contributed by atoms with Crippen LogP contribution in [0.3, 0.4) is 0 Å². The van der Waals surface area contributed by atoms with Gasteiger partial charge in [-0.25, -0.2) is 19.4 Å². The fourth-order valence-electron chi connectivity index (χ4n) is 4.24. The molecule has 2 aliphatic rings. The number of piperazine rings is 1. The summed E-state index contributed by atoms with van der Waals surface area (Å²) in [5, 5.41) is 2.52. The molecular formula is C23H32ClFN6O. The first-order chi connectivity index (χ1) is 15.6. The molecule has 1 aromatic carbocycles. The van der Waals surface area contributed by atoms with Gasteiger partial charge in [-0.2, -0.15) is 0 Å². The third-order valence-corrected chi connectivity index (χ3v) is 6.54. The third-order valence-electron chi connectivity index (χ3n) is 6.26. The Labute approximate surface area is 194 Å². The number of rotatable bonds is 7. The van der Waals surface area contributed by atoms with Crippen LogP contribution in [0.4, 0.5) is 10.3 Å². The van der Waals surface area contributed by atoms with Crippen molar-refractivity contribution in [3.8, 4) is 5.75 Å². The highest BCUT2D eigenvalue weighted by molar-refractivity contribution is 6.32. The van der Waals surface area contributed by atoms with Crippen molar-refractivity contribution in [1.29, 1.82) is 0 Å². The maximum Gasteiger partial charge on any atom is 0.225 e. The van der Waals surface area contributed by atoms with Crippen LogP contribution in [-0.4, -0.2) is 72.3 Å². The minimum absolute atomic E-state index is 0.0753. The van der Waals surface area contributed by atoms with Crippen LogP contribution in [0.1, 0.15) is 30.9 Å². The zero-order valence-corrected chi connectivity index (χ0v) is 19.6. The average Bonchev–Trinajstić information content (AvgIpc) is 2.82. The lowest BCUT2D eigenvalue weighted by atomic mass is 10.1. The summed E-state index contributed by atoms with van der Waals surface area (Å²) >= 11 is 6.44. The van der Waals surface area contributed by atoms with Gasteiger partial charge in [-0.15, -0.1) is 0 Å². The molecule has 1 aromatic heterocycles. The standard InChI is InChI=1S/C23H32ClFN6O/c1-3-17-14-27-23(28-15-17)30-6-4-19(5-7-30)32-22-20(24)12-18(13-21(22)25)16-29-8-10-31(26-2)11-9-29/h12-15,19,26H,3-11,16H2,1-2H3. The molecule has 0 radical (unpaired) electrons. The number of ether oxygens (including phenoxy) is 1. The summed E-state index contributed by atoms with van der Waals surface area (Å²) < 4.78 is 20.9. The molecule has 7 nitrogen and oxygen atoms in total. The summed E-state index contributed by atoms with van der Waals surface area (Å²) in [5.74, 6) is 0.518. The van der Waals surface area contributed by atoms with Gasteiger partial charge in [0.25, 0.3) is 0 Å². The number of aromatic nitrogens is 2. The van der Waals surface area contributed by atoms with Crippen molar-refractivity contribution in [1.82, 2.24) is 25.3 Å². The van der Waals surface area contributed by atoms with Gasteiger partial charge in [0.1, 0.15) is 6.10 Å². The summed E-state index contributed by atoms with van der Waals surface area (Å²) in [6.07, 6.45) is 6.14. The second-order valence-corrected chi connectivity index (χ2v) is 8.83. The van der Waals surface area contributed by atoms with E-state index >= 15 is 0 Å². The van der Waals surface area contributed by atoms with E-state index in [4.69, 9.17) is 16.3 Å². The first kappa shape index (κ1) is 23.2. The van der Waals surface area contributed by atoms with Gasteiger partial charge in [-0.3, -0.25) is 10.3 Å². The Balaban J connectivity index is 1.31. The van der Waals surface area contributed by atoms with Gasteiger partial charge in [-0.1, -0.05) is 18.5 Å². The molecule has 4 rings (SSSR count). The Morgan fingerprint density at radius 1 is 1.06 bits per heavy atom. The number of piperidine rings is 1. The third kappa shape index (κ3) is 5.67. The zero-order chi connectivity index (χ0) is 22.5. The van der Waals surface area contributed by atoms with Crippen molar-refractivity contribution in [3.05, 3.63) is 46.5 Å². The predicted molar refractivity (Wildman–Crippen MR) is 125 cm³/mol. The fraction of sp³-hybridized carbons (Fsp3) is 0.565. The van der Waals surface area contributed by atoms with Gasteiger partial charge in [0.05, 0.1) is 5.02 Å². The van der Waals surface area contributed by atoms with E-state index in [0.717, 1.165) is 75.6 Å². The van der Waals surface area contributed by atoms with E-state index in [0.29, 0.717) is 11.6 Å². The van der Waals surface area contributed by atoms with Crippen molar-refractivity contribution < 1.29 is 9.13 Å². The molecule has 0 bridgehead atoms. The molecule has 1 N–H and O–H groups in total. The molecule has 0 unspecified atom stereocenters. The Morgan fingerprint density at radius 3 is 2.34 bits per heavy atom. The molecule has 32 heavy (non-hydrogen) atoms. The highest BCUT2D eigenvalue weighted by Gasteiger charge is 2.25. The molecule has 9 heteroatoms. The maximum absolute atomic E-state index is 14.9. The molecule has 2 aliphatic heterocycles. The molecule has 0 aliphatic carbocycles. The average molecular weight is 463 g/mol. The number of nitrogens with one attached hydrogen (secondary N) is 1. The van der Waals surface area contributed by atoms with E-state index in [1.807, 2.05) is 25.5 Å². The van der Waals surface area contributed by atoms with Gasteiger partial charge in [0, 0.05) is 71.0 Å². The van der Waals surface area contributed by atoms with Crippen LogP contribution in [0.15, 0.2) is 24.5 Å². The molecular weight excluding hydrogens is 431 g/mol. The first-order valence-corrected chi connectivity index (χ1v) is 11.8. The summed E-state index contributed by atoms with van der Waals surface area (Å²) in [4.78, 5) is 13.4. The van der Waals surface area contributed by atoms with E-state index in [-0.39, 0.29) is 17.7 Å². The molecule has 0 saturated carbocycles. The van der Waals surface area contributed by atoms with E-state index in [1.165, 1.54) is 0 Å². The number of nitrogens with zero attached hydrogens (tertiary/aromatic N) is 5. The van der Waals surface area contributed by atoms with Gasteiger partial charge in [0.2, 0.25) is 5.95 Å². The van der Waals surface area contributed by atoms with Gasteiger partial charge >= 0.3 is 0 Å². The van der Waals surface area contributed by atoms with Crippen molar-refractivity contribution in [2.24, 2.45) is 0 Å². The second kappa shape index (κ2) is 10.7. The quantitative estimate of drug-likeness (QED) is 0.678. The van der Waals surface area contributed by atoms with Crippen LogP contribution in [0.5, 0.6) is 5.75 Å². The second-order valence-electron chi connectivity index (χ2n) is 8.42. The predicted octanol–water partition coefficient (Wildman–Crippen LogP) is 3.13. The van der Waals surface area contributed by atoms with Gasteiger partial charge in [-0.05, 0) is 36.7 Å². The lowest BCUT2D eigenvalue weighted by Gasteiger charge is -2.34. The molecule has 0 spiro atoms. The van der Waals surface area contributed by atoms with E-state index in [9.17, 15) is 4.39 Å². The topological polar surface area (TPSA) is 56.8 Å². The zero-order valence-electron chi connectivity index (χ0n) is 18.9. The normalized spacial score (nSPS) is 18.8. The van der Waals surface area contributed by atoms with Crippen LogP contribution in [0.2, 0.25) is 5.02 Å². The maximum atomic E-state index is 14.9. The summed E-state index contributed by atoms with van der Waals surface area (Å²) in [5.41, 5.74) is 5.17. The Morgan fingerprint density at radius 2 is 1.75 bits per heavy atom. The molecule has 2 fully saturated rings. The fourth-order valence-corrected chi connectivity index (χ4v) is 4.51. The number of anilines is 1. The van der Waals surface area contributed by atoms with Crippen molar-refractivity contribution >= 4 is 17.5 Å². The minimum Gasteiger partial charge on any atom is -0.486 e. The van der Waals surface area contributed by atoms with Crippen molar-refractivity contribution in [3.63, 3.8) is 0 Å². The van der Waals surface area contributed by atoms with Crippen LogP contribution < -0.4 is 15.1 Å². The number of halogens is 2. The molecule has 0 atom stereocenters. The SMILES string of the molecule is CCc1cnc(N2CCC(Oc3c(F)cc(CN4CCN(NC)CC4)cc3Cl)CC2)nc1. The van der Waals surface area contributed by atoms with E-state index in [1.54, 1.807) is 6.07 Å². The lowest BCUT2D eigenvalue weighted by Crippen LogP contribution is -2.50. The van der Waals surface area contributed by atoms with Gasteiger partial charge in [0.15, 0.2) is 11.6 Å². The summed E-state index contributed by atoms with van der Waals surface area (Å²) in [6, 6.07) is 3.40. The number of aryl methyl sites for hydroxylation is 1. The monoisotopic (exact) mass is 462 g/mol. The minimum atomic E-state index is -0.387. The summed E-state index contributed by atoms with van der Waals surface area (Å²) in [7, 11) is 1.94. The largest absolute Gasteiger partial charge is 0.486 e. The smallest absolute Gasteiger partial charge is 0.225 e. The molecule has 2 aromatic rings. The van der Waals surface area contributed by atoms with Gasteiger partial charge < -0.3 is 9.64 Å². The van der Waals surface area contributed by atoms with Crippen LogP contribution in [0, 0.1) is 5.82 Å². The van der Waals surface area contributed by atoms with E-state index in [2.05, 4.69) is 37.1 Å². The number of hydrazine groups is 1.